The van der Waals surface area contributed by atoms with E-state index in [4.69, 9.17) is 18.9 Å². The molecule has 1 aliphatic heterocycles. The lowest BCUT2D eigenvalue weighted by Crippen LogP contribution is -2.48. The normalized spacial score (nSPS) is 16.7. The van der Waals surface area contributed by atoms with Gasteiger partial charge in [-0.3, -0.25) is 9.69 Å². The quantitative estimate of drug-likeness (QED) is 0.708. The second-order valence-corrected chi connectivity index (χ2v) is 7.76. The number of hydrogen-bond acceptors (Lipinski definition) is 7. The number of ether oxygens (including phenoxy) is 4. The minimum Gasteiger partial charge on any atom is -0.493 e. The van der Waals surface area contributed by atoms with Crippen LogP contribution in [0.5, 0.6) is 17.2 Å². The van der Waals surface area contributed by atoms with Gasteiger partial charge in [0.2, 0.25) is 5.75 Å². The average molecular weight is 421 g/mol. The minimum absolute atomic E-state index is 0.0879. The van der Waals surface area contributed by atoms with Crippen LogP contribution in [0, 0.1) is 0 Å². The molecule has 2 aromatic rings. The van der Waals surface area contributed by atoms with Crippen molar-refractivity contribution < 1.29 is 23.7 Å². The van der Waals surface area contributed by atoms with E-state index in [1.807, 2.05) is 13.0 Å². The highest BCUT2D eigenvalue weighted by molar-refractivity contribution is 7.10. The van der Waals surface area contributed by atoms with Crippen molar-refractivity contribution in [2.75, 3.05) is 47.6 Å². The van der Waals surface area contributed by atoms with Crippen LogP contribution >= 0.6 is 11.3 Å². The fourth-order valence-electron chi connectivity index (χ4n) is 3.64. The molecule has 2 heterocycles. The van der Waals surface area contributed by atoms with E-state index in [9.17, 15) is 4.79 Å². The second kappa shape index (κ2) is 9.96. The molecule has 0 saturated carbocycles. The number of hydrogen-bond donors (Lipinski definition) is 1. The molecule has 1 aromatic heterocycles. The Balaban J connectivity index is 1.82. The number of carbonyl (C=O) groups is 1. The molecule has 0 radical (unpaired) electrons. The van der Waals surface area contributed by atoms with Crippen LogP contribution in [-0.2, 0) is 4.74 Å². The van der Waals surface area contributed by atoms with Crippen molar-refractivity contribution in [3.05, 3.63) is 40.1 Å². The van der Waals surface area contributed by atoms with Crippen molar-refractivity contribution in [3.63, 3.8) is 0 Å². The lowest BCUT2D eigenvalue weighted by molar-refractivity contribution is 0.00969. The molecular weight excluding hydrogens is 392 g/mol. The van der Waals surface area contributed by atoms with Crippen LogP contribution in [0.1, 0.15) is 28.2 Å². The van der Waals surface area contributed by atoms with E-state index in [1.54, 1.807) is 23.5 Å². The Bertz CT molecular complexity index is 780. The number of nitrogens with zero attached hydrogens (tertiary/aromatic N) is 1. The summed E-state index contributed by atoms with van der Waals surface area (Å²) < 4.78 is 21.6. The fraction of sp³-hybridized carbons (Fsp3) is 0.476. The van der Waals surface area contributed by atoms with Crippen LogP contribution in [0.15, 0.2) is 29.6 Å². The van der Waals surface area contributed by atoms with Crippen LogP contribution in [-0.4, -0.2) is 64.5 Å². The Labute approximate surface area is 175 Å². The number of rotatable bonds is 8. The summed E-state index contributed by atoms with van der Waals surface area (Å²) in [5.74, 6) is 1.18. The summed E-state index contributed by atoms with van der Waals surface area (Å²) in [6, 6.07) is 7.48. The van der Waals surface area contributed by atoms with E-state index in [1.165, 1.54) is 26.2 Å². The number of amides is 1. The topological polar surface area (TPSA) is 69.3 Å². The maximum absolute atomic E-state index is 13.0. The predicted molar refractivity (Wildman–Crippen MR) is 112 cm³/mol. The smallest absolute Gasteiger partial charge is 0.251 e. The molecule has 0 aliphatic carbocycles. The predicted octanol–water partition coefficient (Wildman–Crippen LogP) is 2.97. The van der Waals surface area contributed by atoms with Crippen molar-refractivity contribution in [2.24, 2.45) is 0 Å². The Morgan fingerprint density at radius 2 is 1.79 bits per heavy atom. The monoisotopic (exact) mass is 420 g/mol. The number of benzene rings is 1. The Morgan fingerprint density at radius 3 is 2.31 bits per heavy atom. The summed E-state index contributed by atoms with van der Waals surface area (Å²) in [5.41, 5.74) is 0.457. The molecule has 3 rings (SSSR count). The molecule has 1 amide bonds. The van der Waals surface area contributed by atoms with Crippen LogP contribution < -0.4 is 19.5 Å². The molecule has 1 N–H and O–H groups in total. The SMILES string of the molecule is COc1cc(C(=O)N[C@@H](C)[C@@H](c2cccs2)N2CCOCC2)cc(OC)c1OC. The Kier molecular flexibility index (Phi) is 7.35. The molecule has 1 aromatic carbocycles. The van der Waals surface area contributed by atoms with Crippen LogP contribution in [0.2, 0.25) is 0 Å². The molecule has 29 heavy (non-hydrogen) atoms. The highest BCUT2D eigenvalue weighted by Gasteiger charge is 2.30. The highest BCUT2D eigenvalue weighted by atomic mass is 32.1. The van der Waals surface area contributed by atoms with Gasteiger partial charge in [0.1, 0.15) is 0 Å². The first-order chi connectivity index (χ1) is 14.1. The molecule has 1 aliphatic rings. The van der Waals surface area contributed by atoms with Gasteiger partial charge in [-0.25, -0.2) is 0 Å². The summed E-state index contributed by atoms with van der Waals surface area (Å²) >= 11 is 1.70. The maximum Gasteiger partial charge on any atom is 0.251 e. The summed E-state index contributed by atoms with van der Waals surface area (Å²) in [6.07, 6.45) is 0. The number of methoxy groups -OCH3 is 3. The molecule has 8 heteroatoms. The summed E-state index contributed by atoms with van der Waals surface area (Å²) in [4.78, 5) is 16.6. The van der Waals surface area contributed by atoms with Crippen LogP contribution in [0.25, 0.3) is 0 Å². The lowest BCUT2D eigenvalue weighted by Gasteiger charge is -2.37. The highest BCUT2D eigenvalue weighted by Crippen LogP contribution is 2.38. The minimum atomic E-state index is -0.188. The Morgan fingerprint density at radius 1 is 1.14 bits per heavy atom. The van der Waals surface area contributed by atoms with Crippen molar-refractivity contribution in [3.8, 4) is 17.2 Å². The van der Waals surface area contributed by atoms with Gasteiger partial charge in [-0.2, -0.15) is 0 Å². The third kappa shape index (κ3) is 4.83. The van der Waals surface area contributed by atoms with Crippen LogP contribution in [0.4, 0.5) is 0 Å². The summed E-state index contributed by atoms with van der Waals surface area (Å²) in [5, 5.41) is 5.22. The zero-order chi connectivity index (χ0) is 20.8. The van der Waals surface area contributed by atoms with E-state index < -0.39 is 0 Å². The number of nitrogens with one attached hydrogen (secondary N) is 1. The largest absolute Gasteiger partial charge is 0.493 e. The third-order valence-electron chi connectivity index (χ3n) is 5.03. The zero-order valence-electron chi connectivity index (χ0n) is 17.3. The molecule has 158 valence electrons. The van der Waals surface area contributed by atoms with E-state index in [-0.39, 0.29) is 18.0 Å². The van der Waals surface area contributed by atoms with Crippen LogP contribution in [0.3, 0.4) is 0 Å². The van der Waals surface area contributed by atoms with E-state index in [2.05, 4.69) is 21.7 Å². The van der Waals surface area contributed by atoms with Crippen molar-refractivity contribution in [1.29, 1.82) is 0 Å². The first kappa shape index (κ1) is 21.4. The summed E-state index contributed by atoms with van der Waals surface area (Å²) in [6.45, 7) is 5.13. The molecule has 0 spiro atoms. The summed E-state index contributed by atoms with van der Waals surface area (Å²) in [7, 11) is 4.61. The van der Waals surface area contributed by atoms with Gasteiger partial charge in [0.05, 0.1) is 40.6 Å². The van der Waals surface area contributed by atoms with Gasteiger partial charge < -0.3 is 24.3 Å². The van der Waals surface area contributed by atoms with Gasteiger partial charge in [0.25, 0.3) is 5.91 Å². The van der Waals surface area contributed by atoms with Crippen molar-refractivity contribution in [2.45, 2.75) is 19.0 Å². The zero-order valence-corrected chi connectivity index (χ0v) is 18.1. The second-order valence-electron chi connectivity index (χ2n) is 6.78. The number of carbonyl (C=O) groups excluding carboxylic acids is 1. The molecule has 7 nitrogen and oxygen atoms in total. The van der Waals surface area contributed by atoms with Crippen molar-refractivity contribution in [1.82, 2.24) is 10.2 Å². The van der Waals surface area contributed by atoms with Gasteiger partial charge in [-0.15, -0.1) is 11.3 Å². The third-order valence-corrected chi connectivity index (χ3v) is 5.98. The first-order valence-corrected chi connectivity index (χ1v) is 10.4. The molecule has 0 bridgehead atoms. The lowest BCUT2D eigenvalue weighted by atomic mass is 10.0. The van der Waals surface area contributed by atoms with E-state index >= 15 is 0 Å². The molecule has 0 unspecified atom stereocenters. The van der Waals surface area contributed by atoms with Gasteiger partial charge in [-0.1, -0.05) is 6.07 Å². The standard InChI is InChI=1S/C21H28N2O5S/c1-14(19(18-6-5-11-29-18)23-7-9-28-10-8-23)22-21(24)15-12-16(25-2)20(27-4)17(13-15)26-3/h5-6,11-14,19H,7-10H2,1-4H3,(H,22,24)/t14-,19-/m0/s1. The van der Waals surface area contributed by atoms with Crippen molar-refractivity contribution >= 4 is 17.2 Å². The van der Waals surface area contributed by atoms with E-state index in [0.717, 1.165) is 13.1 Å². The first-order valence-electron chi connectivity index (χ1n) is 9.55. The molecule has 2 atom stereocenters. The molecule has 1 fully saturated rings. The molecular formula is C21H28N2O5S. The average Bonchev–Trinajstić information content (AvgIpc) is 3.27. The fourth-order valence-corrected chi connectivity index (χ4v) is 4.60. The number of thiophene rings is 1. The number of morpholine rings is 1. The van der Waals surface area contributed by atoms with Gasteiger partial charge in [-0.05, 0) is 30.5 Å². The maximum atomic E-state index is 13.0. The molecule has 1 saturated heterocycles. The Hall–Kier alpha value is -2.29. The van der Waals surface area contributed by atoms with Gasteiger partial charge in [0.15, 0.2) is 11.5 Å². The van der Waals surface area contributed by atoms with Gasteiger partial charge >= 0.3 is 0 Å². The van der Waals surface area contributed by atoms with Gasteiger partial charge in [0, 0.05) is 29.6 Å². The van der Waals surface area contributed by atoms with E-state index in [0.29, 0.717) is 36.0 Å².